The fraction of sp³-hybridized carbons (Fsp3) is 0. The molecule has 6 nitrogen and oxygen atoms in total. The Morgan fingerprint density at radius 3 is 2.37 bits per heavy atom. The molecule has 4 aromatic rings. The topological polar surface area (TPSA) is 78.0 Å². The minimum atomic E-state index is -0.492. The van der Waals surface area contributed by atoms with Crippen molar-refractivity contribution in [2.24, 2.45) is 0 Å². The highest BCUT2D eigenvalue weighted by Crippen LogP contribution is 2.31. The van der Waals surface area contributed by atoms with Crippen LogP contribution in [0.15, 0.2) is 77.6 Å². The zero-order valence-corrected chi connectivity index (χ0v) is 14.6. The van der Waals surface area contributed by atoms with E-state index in [1.54, 1.807) is 66.7 Å². The van der Waals surface area contributed by atoms with Crippen molar-refractivity contribution in [2.75, 3.05) is 0 Å². The van der Waals surface area contributed by atoms with Crippen LogP contribution < -0.4 is 5.56 Å². The molecule has 0 aliphatic heterocycles. The predicted molar refractivity (Wildman–Crippen MR) is 104 cm³/mol. The summed E-state index contributed by atoms with van der Waals surface area (Å²) in [6.45, 7) is 0. The Labute approximate surface area is 158 Å². The molecule has 0 fully saturated rings. The maximum Gasteiger partial charge on any atom is 0.280 e. The normalized spacial score (nSPS) is 10.9. The number of nitro groups is 1. The number of fused-ring (bicyclic) bond motifs is 1. The van der Waals surface area contributed by atoms with E-state index in [4.69, 9.17) is 11.6 Å². The van der Waals surface area contributed by atoms with E-state index in [9.17, 15) is 14.9 Å². The van der Waals surface area contributed by atoms with Crippen molar-refractivity contribution in [2.45, 2.75) is 0 Å². The first-order valence-corrected chi connectivity index (χ1v) is 8.46. The van der Waals surface area contributed by atoms with Crippen LogP contribution in [0.1, 0.15) is 0 Å². The monoisotopic (exact) mass is 377 g/mol. The average molecular weight is 378 g/mol. The first-order valence-electron chi connectivity index (χ1n) is 8.08. The van der Waals surface area contributed by atoms with Crippen molar-refractivity contribution >= 4 is 28.2 Å². The van der Waals surface area contributed by atoms with Crippen LogP contribution in [0.5, 0.6) is 0 Å². The summed E-state index contributed by atoms with van der Waals surface area (Å²) < 4.78 is 1.33. The van der Waals surface area contributed by atoms with Gasteiger partial charge in [-0.1, -0.05) is 48.0 Å². The highest BCUT2D eigenvalue weighted by molar-refractivity contribution is 6.32. The second-order valence-electron chi connectivity index (χ2n) is 5.82. The van der Waals surface area contributed by atoms with Crippen molar-refractivity contribution in [3.05, 3.63) is 98.3 Å². The number of halogens is 1. The summed E-state index contributed by atoms with van der Waals surface area (Å²) in [6, 6.07) is 19.9. The van der Waals surface area contributed by atoms with Crippen molar-refractivity contribution in [1.82, 2.24) is 9.55 Å². The highest BCUT2D eigenvalue weighted by Gasteiger charge is 2.22. The fourth-order valence-electron chi connectivity index (χ4n) is 2.99. The Balaban J connectivity index is 2.18. The number of benzene rings is 3. The highest BCUT2D eigenvalue weighted by atomic mass is 35.5. The number of hydrogen-bond acceptors (Lipinski definition) is 4. The van der Waals surface area contributed by atoms with Gasteiger partial charge in [-0.15, -0.1) is 0 Å². The lowest BCUT2D eigenvalue weighted by Gasteiger charge is -2.15. The minimum absolute atomic E-state index is 0.138. The zero-order chi connectivity index (χ0) is 19.0. The van der Waals surface area contributed by atoms with E-state index in [0.29, 0.717) is 21.6 Å². The fourth-order valence-corrected chi connectivity index (χ4v) is 3.21. The van der Waals surface area contributed by atoms with Crippen molar-refractivity contribution in [3.8, 4) is 17.1 Å². The molecule has 0 radical (unpaired) electrons. The molecule has 0 atom stereocenters. The summed E-state index contributed by atoms with van der Waals surface area (Å²) in [7, 11) is 0. The molecule has 132 valence electrons. The molecule has 7 heteroatoms. The number of aromatic nitrogens is 2. The van der Waals surface area contributed by atoms with Crippen LogP contribution in [-0.4, -0.2) is 14.5 Å². The molecule has 0 bridgehead atoms. The summed E-state index contributed by atoms with van der Waals surface area (Å²) in [5.74, 6) is 0.166. The van der Waals surface area contributed by atoms with Crippen LogP contribution >= 0.6 is 11.6 Å². The molecule has 0 unspecified atom stereocenters. The second kappa shape index (κ2) is 6.66. The van der Waals surface area contributed by atoms with Crippen LogP contribution in [0.3, 0.4) is 0 Å². The van der Waals surface area contributed by atoms with Gasteiger partial charge < -0.3 is 0 Å². The van der Waals surface area contributed by atoms with E-state index in [1.165, 1.54) is 10.6 Å². The molecule has 0 saturated carbocycles. The van der Waals surface area contributed by atoms with Gasteiger partial charge in [0, 0.05) is 6.07 Å². The third-order valence-electron chi connectivity index (χ3n) is 4.21. The van der Waals surface area contributed by atoms with E-state index in [1.807, 2.05) is 0 Å². The molecular formula is C20H12ClN3O3. The van der Waals surface area contributed by atoms with Gasteiger partial charge in [-0.25, -0.2) is 4.98 Å². The van der Waals surface area contributed by atoms with E-state index in [-0.39, 0.29) is 22.6 Å². The number of nitro benzene ring substituents is 1. The summed E-state index contributed by atoms with van der Waals surface area (Å²) in [5, 5.41) is 12.3. The number of nitrogens with zero attached hydrogens (tertiary/aromatic N) is 3. The smallest absolute Gasteiger partial charge is 0.268 e. The zero-order valence-electron chi connectivity index (χ0n) is 13.9. The first kappa shape index (κ1) is 16.9. The third kappa shape index (κ3) is 2.86. The van der Waals surface area contributed by atoms with Gasteiger partial charge in [0.2, 0.25) is 0 Å². The summed E-state index contributed by atoms with van der Waals surface area (Å²) in [6.07, 6.45) is 0. The molecule has 4 rings (SSSR count). The number of para-hydroxylation sites is 3. The summed E-state index contributed by atoms with van der Waals surface area (Å²) >= 11 is 6.32. The molecule has 27 heavy (non-hydrogen) atoms. The van der Waals surface area contributed by atoms with Gasteiger partial charge in [-0.2, -0.15) is 0 Å². The largest absolute Gasteiger partial charge is 0.280 e. The van der Waals surface area contributed by atoms with Gasteiger partial charge in [-0.05, 0) is 30.3 Å². The summed E-state index contributed by atoms with van der Waals surface area (Å²) in [5.41, 5.74) is 0.627. The molecule has 0 aliphatic carbocycles. The lowest BCUT2D eigenvalue weighted by molar-refractivity contribution is -0.384. The third-order valence-corrected chi connectivity index (χ3v) is 4.53. The Kier molecular flexibility index (Phi) is 4.18. The Morgan fingerprint density at radius 2 is 1.59 bits per heavy atom. The van der Waals surface area contributed by atoms with E-state index in [2.05, 4.69) is 4.98 Å². The predicted octanol–water partition coefficient (Wildman–Crippen LogP) is 4.61. The minimum Gasteiger partial charge on any atom is -0.268 e. The molecule has 1 aromatic heterocycles. The summed E-state index contributed by atoms with van der Waals surface area (Å²) in [4.78, 5) is 28.8. The van der Waals surface area contributed by atoms with Gasteiger partial charge in [0.25, 0.3) is 11.2 Å². The Morgan fingerprint density at radius 1 is 0.926 bits per heavy atom. The average Bonchev–Trinajstić information content (AvgIpc) is 2.69. The standard InChI is InChI=1S/C20H12ClN3O3/c21-15-9-3-6-12-18(15)23-19(14-8-2-5-11-17(14)24(26)27)22-16-10-4-1-7-13(16)20(23)25/h1-12H. The quantitative estimate of drug-likeness (QED) is 0.385. The lowest BCUT2D eigenvalue weighted by Crippen LogP contribution is -2.22. The van der Waals surface area contributed by atoms with Crippen LogP contribution in [0.25, 0.3) is 28.0 Å². The Bertz CT molecular complexity index is 1250. The van der Waals surface area contributed by atoms with E-state index in [0.717, 1.165) is 0 Å². The molecule has 0 spiro atoms. The maximum absolute atomic E-state index is 13.3. The van der Waals surface area contributed by atoms with Crippen molar-refractivity contribution in [1.29, 1.82) is 0 Å². The molecule has 0 amide bonds. The van der Waals surface area contributed by atoms with Crippen LogP contribution in [0.2, 0.25) is 5.02 Å². The number of hydrogen-bond donors (Lipinski definition) is 0. The van der Waals surface area contributed by atoms with E-state index >= 15 is 0 Å². The molecule has 1 heterocycles. The van der Waals surface area contributed by atoms with Gasteiger partial charge in [0.1, 0.15) is 0 Å². The van der Waals surface area contributed by atoms with Gasteiger partial charge in [0.15, 0.2) is 5.82 Å². The SMILES string of the molecule is O=c1c2ccccc2nc(-c2ccccc2[N+](=O)[O-])n1-c1ccccc1Cl. The lowest BCUT2D eigenvalue weighted by atomic mass is 10.1. The molecule has 0 saturated heterocycles. The maximum atomic E-state index is 13.3. The molecule has 3 aromatic carbocycles. The number of rotatable bonds is 3. The Hall–Kier alpha value is -3.51. The van der Waals surface area contributed by atoms with Gasteiger partial charge in [0.05, 0.1) is 32.1 Å². The van der Waals surface area contributed by atoms with Crippen molar-refractivity contribution in [3.63, 3.8) is 0 Å². The van der Waals surface area contributed by atoms with Crippen molar-refractivity contribution < 1.29 is 4.92 Å². The van der Waals surface area contributed by atoms with Crippen LogP contribution in [-0.2, 0) is 0 Å². The first-order chi connectivity index (χ1) is 13.1. The molecule has 0 N–H and O–H groups in total. The second-order valence-corrected chi connectivity index (χ2v) is 6.23. The van der Waals surface area contributed by atoms with Gasteiger partial charge >= 0.3 is 0 Å². The molecular weight excluding hydrogens is 366 g/mol. The van der Waals surface area contributed by atoms with Crippen LogP contribution in [0.4, 0.5) is 5.69 Å². The van der Waals surface area contributed by atoms with Gasteiger partial charge in [-0.3, -0.25) is 19.5 Å². The van der Waals surface area contributed by atoms with E-state index < -0.39 is 4.92 Å². The van der Waals surface area contributed by atoms with Crippen LogP contribution in [0, 0.1) is 10.1 Å². The molecule has 0 aliphatic rings.